The highest BCUT2D eigenvalue weighted by atomic mass is 79.9. The molecule has 1 atom stereocenters. The lowest BCUT2D eigenvalue weighted by Gasteiger charge is -2.15. The van der Waals surface area contributed by atoms with Crippen molar-refractivity contribution in [2.24, 2.45) is 5.90 Å². The molecule has 0 saturated heterocycles. The fraction of sp³-hybridized carbons (Fsp3) is 0.444. The van der Waals surface area contributed by atoms with Crippen molar-refractivity contribution in [1.29, 1.82) is 0 Å². The highest BCUT2D eigenvalue weighted by Gasteiger charge is 2.15. The van der Waals surface area contributed by atoms with Gasteiger partial charge >= 0.3 is 0 Å². The van der Waals surface area contributed by atoms with E-state index in [-0.39, 0.29) is 5.92 Å². The number of ether oxygens (including phenoxy) is 1. The minimum Gasteiger partial charge on any atom is -0.495 e. The van der Waals surface area contributed by atoms with E-state index in [1.165, 1.54) is 0 Å². The number of hydrogen-bond acceptors (Lipinski definition) is 4. The van der Waals surface area contributed by atoms with Gasteiger partial charge in [-0.15, -0.1) is 0 Å². The van der Waals surface area contributed by atoms with Gasteiger partial charge in [-0.1, -0.05) is 6.92 Å². The number of methoxy groups -OCH3 is 1. The molecular weight excluding hydrogens is 248 g/mol. The monoisotopic (exact) mass is 260 g/mol. The molecule has 1 aromatic rings. The highest BCUT2D eigenvalue weighted by molar-refractivity contribution is 9.10. The van der Waals surface area contributed by atoms with Crippen LogP contribution < -0.4 is 10.6 Å². The number of halogens is 1. The summed E-state index contributed by atoms with van der Waals surface area (Å²) in [7, 11) is 1.61. The lowest BCUT2D eigenvalue weighted by molar-refractivity contribution is 0.126. The Morgan fingerprint density at radius 2 is 2.29 bits per heavy atom. The van der Waals surface area contributed by atoms with E-state index in [0.29, 0.717) is 6.61 Å². The fourth-order valence-electron chi connectivity index (χ4n) is 1.30. The molecule has 1 aromatic heterocycles. The Hall–Kier alpha value is -0.650. The lowest BCUT2D eigenvalue weighted by Crippen LogP contribution is -2.10. The first-order valence-electron chi connectivity index (χ1n) is 4.19. The zero-order chi connectivity index (χ0) is 10.6. The molecule has 0 amide bonds. The second kappa shape index (κ2) is 5.29. The van der Waals surface area contributed by atoms with Crippen molar-refractivity contribution in [1.82, 2.24) is 4.98 Å². The summed E-state index contributed by atoms with van der Waals surface area (Å²) in [4.78, 5) is 8.63. The molecule has 0 aliphatic heterocycles. The SMILES string of the molecule is COc1cncc(Br)c1C(C)CON. The number of nitrogens with two attached hydrogens (primary N) is 1. The first-order valence-corrected chi connectivity index (χ1v) is 4.99. The summed E-state index contributed by atoms with van der Waals surface area (Å²) in [6.07, 6.45) is 3.40. The molecule has 0 aliphatic carbocycles. The van der Waals surface area contributed by atoms with Gasteiger partial charge in [0.15, 0.2) is 0 Å². The molecule has 0 aliphatic rings. The summed E-state index contributed by atoms with van der Waals surface area (Å²) in [5.74, 6) is 5.94. The average Bonchev–Trinajstić information content (AvgIpc) is 2.17. The van der Waals surface area contributed by atoms with E-state index in [1.807, 2.05) is 6.92 Å². The Bertz CT molecular complexity index is 307. The van der Waals surface area contributed by atoms with Crippen LogP contribution in [0.2, 0.25) is 0 Å². The number of nitrogens with zero attached hydrogens (tertiary/aromatic N) is 1. The van der Waals surface area contributed by atoms with Crippen LogP contribution in [0, 0.1) is 0 Å². The predicted octanol–water partition coefficient (Wildman–Crippen LogP) is 1.85. The van der Waals surface area contributed by atoms with Crippen molar-refractivity contribution < 1.29 is 9.57 Å². The summed E-state index contributed by atoms with van der Waals surface area (Å²) in [6, 6.07) is 0. The van der Waals surface area contributed by atoms with Crippen molar-refractivity contribution in [3.63, 3.8) is 0 Å². The second-order valence-electron chi connectivity index (χ2n) is 2.97. The Morgan fingerprint density at radius 3 is 2.86 bits per heavy atom. The van der Waals surface area contributed by atoms with Crippen LogP contribution >= 0.6 is 15.9 Å². The first-order chi connectivity index (χ1) is 6.70. The zero-order valence-electron chi connectivity index (χ0n) is 8.16. The summed E-state index contributed by atoms with van der Waals surface area (Å²) in [6.45, 7) is 2.45. The van der Waals surface area contributed by atoms with Crippen molar-refractivity contribution in [3.8, 4) is 5.75 Å². The maximum atomic E-state index is 5.20. The molecule has 1 rings (SSSR count). The number of pyridine rings is 1. The van der Waals surface area contributed by atoms with Gasteiger partial charge < -0.3 is 9.57 Å². The van der Waals surface area contributed by atoms with Crippen molar-refractivity contribution in [3.05, 3.63) is 22.4 Å². The van der Waals surface area contributed by atoms with Crippen LogP contribution in [0.4, 0.5) is 0 Å². The molecule has 0 saturated carbocycles. The van der Waals surface area contributed by atoms with Crippen LogP contribution in [0.1, 0.15) is 18.4 Å². The van der Waals surface area contributed by atoms with Crippen LogP contribution in [0.25, 0.3) is 0 Å². The van der Waals surface area contributed by atoms with Crippen molar-refractivity contribution >= 4 is 15.9 Å². The van der Waals surface area contributed by atoms with Gasteiger partial charge in [0.05, 0.1) is 19.9 Å². The van der Waals surface area contributed by atoms with Crippen molar-refractivity contribution in [2.45, 2.75) is 12.8 Å². The molecule has 0 spiro atoms. The molecule has 1 heterocycles. The molecule has 0 aromatic carbocycles. The Morgan fingerprint density at radius 1 is 1.57 bits per heavy atom. The summed E-state index contributed by atoms with van der Waals surface area (Å²) in [5, 5.41) is 0. The van der Waals surface area contributed by atoms with Gasteiger partial charge in [0.1, 0.15) is 5.75 Å². The van der Waals surface area contributed by atoms with E-state index < -0.39 is 0 Å². The average molecular weight is 261 g/mol. The Kier molecular flexibility index (Phi) is 4.31. The molecule has 78 valence electrons. The number of rotatable bonds is 4. The fourth-order valence-corrected chi connectivity index (χ4v) is 2.00. The van der Waals surface area contributed by atoms with E-state index in [0.717, 1.165) is 15.8 Å². The quantitative estimate of drug-likeness (QED) is 0.840. The molecule has 2 N–H and O–H groups in total. The normalized spacial score (nSPS) is 12.6. The zero-order valence-corrected chi connectivity index (χ0v) is 9.74. The van der Waals surface area contributed by atoms with E-state index in [9.17, 15) is 0 Å². The van der Waals surface area contributed by atoms with E-state index in [2.05, 4.69) is 25.8 Å². The molecule has 4 nitrogen and oxygen atoms in total. The number of aromatic nitrogens is 1. The third kappa shape index (κ3) is 2.43. The molecule has 0 bridgehead atoms. The van der Waals surface area contributed by atoms with E-state index in [4.69, 9.17) is 10.6 Å². The minimum atomic E-state index is 0.160. The third-order valence-electron chi connectivity index (χ3n) is 1.96. The van der Waals surface area contributed by atoms with Crippen LogP contribution in [0.3, 0.4) is 0 Å². The van der Waals surface area contributed by atoms with Gasteiger partial charge in [0.25, 0.3) is 0 Å². The maximum Gasteiger partial charge on any atom is 0.141 e. The van der Waals surface area contributed by atoms with Gasteiger partial charge in [-0.2, -0.15) is 0 Å². The second-order valence-corrected chi connectivity index (χ2v) is 3.83. The molecule has 14 heavy (non-hydrogen) atoms. The number of hydrogen-bond donors (Lipinski definition) is 1. The Balaban J connectivity index is 3.03. The third-order valence-corrected chi connectivity index (χ3v) is 2.59. The molecule has 1 unspecified atom stereocenters. The highest BCUT2D eigenvalue weighted by Crippen LogP contribution is 2.32. The first kappa shape index (κ1) is 11.4. The largest absolute Gasteiger partial charge is 0.495 e. The van der Waals surface area contributed by atoms with E-state index >= 15 is 0 Å². The lowest BCUT2D eigenvalue weighted by atomic mass is 10.0. The maximum absolute atomic E-state index is 5.20. The van der Waals surface area contributed by atoms with Gasteiger partial charge in [0.2, 0.25) is 0 Å². The molecule has 0 radical (unpaired) electrons. The van der Waals surface area contributed by atoms with Crippen LogP contribution in [-0.4, -0.2) is 18.7 Å². The van der Waals surface area contributed by atoms with Gasteiger partial charge in [-0.25, -0.2) is 5.90 Å². The van der Waals surface area contributed by atoms with Crippen molar-refractivity contribution in [2.75, 3.05) is 13.7 Å². The van der Waals surface area contributed by atoms with Crippen LogP contribution in [0.15, 0.2) is 16.9 Å². The van der Waals surface area contributed by atoms with E-state index in [1.54, 1.807) is 19.5 Å². The van der Waals surface area contributed by atoms with Gasteiger partial charge in [-0.3, -0.25) is 4.98 Å². The van der Waals surface area contributed by atoms with Gasteiger partial charge in [-0.05, 0) is 15.9 Å². The minimum absolute atomic E-state index is 0.160. The predicted molar refractivity (Wildman–Crippen MR) is 57.0 cm³/mol. The van der Waals surface area contributed by atoms with Gasteiger partial charge in [0, 0.05) is 22.2 Å². The standard InChI is InChI=1S/C9H13BrN2O2/c1-6(5-14-11)9-7(10)3-12-4-8(9)13-2/h3-4,6H,5,11H2,1-2H3. The summed E-state index contributed by atoms with van der Waals surface area (Å²) in [5.41, 5.74) is 1.02. The van der Waals surface area contributed by atoms with Crippen LogP contribution in [0.5, 0.6) is 5.75 Å². The molecular formula is C9H13BrN2O2. The van der Waals surface area contributed by atoms with Crippen LogP contribution in [-0.2, 0) is 4.84 Å². The summed E-state index contributed by atoms with van der Waals surface area (Å²) < 4.78 is 6.11. The Labute approximate surface area is 91.5 Å². The summed E-state index contributed by atoms with van der Waals surface area (Å²) >= 11 is 3.42. The molecule has 0 fully saturated rings. The topological polar surface area (TPSA) is 57.4 Å². The molecule has 5 heteroatoms. The smallest absolute Gasteiger partial charge is 0.141 e.